The van der Waals surface area contributed by atoms with Gasteiger partial charge in [-0.3, -0.25) is 4.79 Å². The number of benzene rings is 2. The molecule has 1 aliphatic rings. The van der Waals surface area contributed by atoms with E-state index in [9.17, 15) is 18.0 Å². The Morgan fingerprint density at radius 2 is 1.90 bits per heavy atom. The number of sulfonamides is 1. The van der Waals surface area contributed by atoms with Gasteiger partial charge in [0.15, 0.2) is 6.61 Å². The fourth-order valence-corrected chi connectivity index (χ4v) is 6.25. The van der Waals surface area contributed by atoms with Crippen LogP contribution in [0.5, 0.6) is 5.75 Å². The minimum atomic E-state index is -3.88. The van der Waals surface area contributed by atoms with Crippen LogP contribution in [0.3, 0.4) is 0 Å². The SMILES string of the molecule is COc1cccc(Cn2nc(C)c(/C=C/C(=O)OCC(=O)Nc3ccc(Cl)c(S(=O)(=O)N4CCOCC4)c3)c2Cl)c1. The summed E-state index contributed by atoms with van der Waals surface area (Å²) < 4.78 is 44.3. The molecule has 4 rings (SSSR count). The first kappa shape index (κ1) is 30.5. The first-order valence-electron chi connectivity index (χ1n) is 12.5. The molecule has 41 heavy (non-hydrogen) atoms. The molecule has 1 N–H and O–H groups in total. The third-order valence-electron chi connectivity index (χ3n) is 6.11. The van der Waals surface area contributed by atoms with Gasteiger partial charge in [0.2, 0.25) is 10.0 Å². The first-order chi connectivity index (χ1) is 19.6. The van der Waals surface area contributed by atoms with Crippen molar-refractivity contribution in [1.82, 2.24) is 14.1 Å². The van der Waals surface area contributed by atoms with Gasteiger partial charge < -0.3 is 19.5 Å². The lowest BCUT2D eigenvalue weighted by Crippen LogP contribution is -2.40. The van der Waals surface area contributed by atoms with Crippen LogP contribution in [0, 0.1) is 6.92 Å². The van der Waals surface area contributed by atoms with Gasteiger partial charge in [-0.2, -0.15) is 9.40 Å². The molecule has 1 amide bonds. The molecule has 0 radical (unpaired) electrons. The van der Waals surface area contributed by atoms with Crippen LogP contribution < -0.4 is 10.1 Å². The third-order valence-corrected chi connectivity index (χ3v) is 8.89. The number of rotatable bonds is 10. The third kappa shape index (κ3) is 7.66. The van der Waals surface area contributed by atoms with E-state index in [1.165, 1.54) is 28.6 Å². The largest absolute Gasteiger partial charge is 0.497 e. The van der Waals surface area contributed by atoms with Crippen LogP contribution in [0.15, 0.2) is 53.4 Å². The van der Waals surface area contributed by atoms with E-state index in [1.807, 2.05) is 24.3 Å². The molecular weight excluding hydrogens is 595 g/mol. The molecule has 0 aliphatic carbocycles. The summed E-state index contributed by atoms with van der Waals surface area (Å²) in [6.07, 6.45) is 2.61. The van der Waals surface area contributed by atoms with Gasteiger partial charge in [0, 0.05) is 30.4 Å². The normalized spacial score (nSPS) is 14.2. The molecule has 0 saturated carbocycles. The summed E-state index contributed by atoms with van der Waals surface area (Å²) in [5, 5.41) is 7.30. The number of carbonyl (C=O) groups excluding carboxylic acids is 2. The Labute approximate surface area is 247 Å². The number of morpholine rings is 1. The van der Waals surface area contributed by atoms with Gasteiger partial charge in [-0.25, -0.2) is 17.9 Å². The van der Waals surface area contributed by atoms with Crippen LogP contribution in [-0.2, 0) is 35.6 Å². The zero-order valence-corrected chi connectivity index (χ0v) is 24.6. The van der Waals surface area contributed by atoms with E-state index in [-0.39, 0.29) is 41.9 Å². The molecule has 2 aromatic carbocycles. The number of amides is 1. The summed E-state index contributed by atoms with van der Waals surface area (Å²) >= 11 is 12.7. The number of ether oxygens (including phenoxy) is 3. The Balaban J connectivity index is 1.34. The fourth-order valence-electron chi connectivity index (χ4n) is 4.04. The molecule has 218 valence electrons. The molecule has 0 spiro atoms. The van der Waals surface area contributed by atoms with Gasteiger partial charge in [0.05, 0.1) is 37.6 Å². The van der Waals surface area contributed by atoms with Crippen LogP contribution in [0.25, 0.3) is 6.08 Å². The molecule has 1 saturated heterocycles. The highest BCUT2D eigenvalue weighted by atomic mass is 35.5. The Kier molecular flexibility index (Phi) is 10.1. The summed E-state index contributed by atoms with van der Waals surface area (Å²) in [6.45, 7) is 2.52. The molecule has 14 heteroatoms. The van der Waals surface area contributed by atoms with Crippen molar-refractivity contribution in [2.75, 3.05) is 45.3 Å². The first-order valence-corrected chi connectivity index (χ1v) is 14.7. The second-order valence-electron chi connectivity index (χ2n) is 8.95. The minimum absolute atomic E-state index is 0.0202. The summed E-state index contributed by atoms with van der Waals surface area (Å²) in [5.41, 5.74) is 2.25. The molecular formula is C27H28Cl2N4O7S. The molecule has 2 heterocycles. The molecule has 0 bridgehead atoms. The second-order valence-corrected chi connectivity index (χ2v) is 11.6. The number of anilines is 1. The van der Waals surface area contributed by atoms with Crippen molar-refractivity contribution in [3.05, 3.63) is 75.5 Å². The Morgan fingerprint density at radius 1 is 1.15 bits per heavy atom. The highest BCUT2D eigenvalue weighted by molar-refractivity contribution is 7.89. The molecule has 1 fully saturated rings. The van der Waals surface area contributed by atoms with Crippen molar-refractivity contribution < 1.29 is 32.2 Å². The monoisotopic (exact) mass is 622 g/mol. The summed E-state index contributed by atoms with van der Waals surface area (Å²) in [5.74, 6) is -0.726. The van der Waals surface area contributed by atoms with Crippen LogP contribution in [-0.4, -0.2) is 74.4 Å². The maximum absolute atomic E-state index is 13.0. The number of nitrogens with one attached hydrogen (secondary N) is 1. The smallest absolute Gasteiger partial charge is 0.331 e. The van der Waals surface area contributed by atoms with Gasteiger partial charge >= 0.3 is 5.97 Å². The minimum Gasteiger partial charge on any atom is -0.497 e. The number of methoxy groups -OCH3 is 1. The van der Waals surface area contributed by atoms with Crippen molar-refractivity contribution in [2.24, 2.45) is 0 Å². The summed E-state index contributed by atoms with van der Waals surface area (Å²) in [6, 6.07) is 11.6. The van der Waals surface area contributed by atoms with Crippen molar-refractivity contribution in [2.45, 2.75) is 18.4 Å². The Morgan fingerprint density at radius 3 is 2.63 bits per heavy atom. The summed E-state index contributed by atoms with van der Waals surface area (Å²) in [7, 11) is -2.30. The van der Waals surface area contributed by atoms with Crippen LogP contribution in [0.4, 0.5) is 5.69 Å². The standard InChI is InChI=1S/C27H28Cl2N4O7S/c1-18-22(27(29)33(31-18)16-19-4-3-5-21(14-19)38-2)7-9-26(35)40-17-25(34)30-20-6-8-23(28)24(15-20)41(36,37)32-10-12-39-13-11-32/h3-9,14-15H,10-13,16-17H2,1-2H3,(H,30,34)/b9-7+. The van der Waals surface area contributed by atoms with E-state index in [2.05, 4.69) is 10.4 Å². The molecule has 1 aromatic heterocycles. The number of esters is 1. The van der Waals surface area contributed by atoms with E-state index >= 15 is 0 Å². The van der Waals surface area contributed by atoms with Crippen LogP contribution in [0.1, 0.15) is 16.8 Å². The predicted molar refractivity (Wildman–Crippen MR) is 154 cm³/mol. The lowest BCUT2D eigenvalue weighted by Gasteiger charge is -2.26. The van der Waals surface area contributed by atoms with Crippen molar-refractivity contribution in [3.8, 4) is 5.75 Å². The van der Waals surface area contributed by atoms with Gasteiger partial charge in [-0.1, -0.05) is 35.3 Å². The maximum atomic E-state index is 13.0. The molecule has 11 nitrogen and oxygen atoms in total. The Hall–Kier alpha value is -3.42. The molecule has 0 unspecified atom stereocenters. The number of halogens is 2. The average Bonchev–Trinajstić information content (AvgIpc) is 3.23. The number of carbonyl (C=O) groups is 2. The fraction of sp³-hybridized carbons (Fsp3) is 0.296. The second kappa shape index (κ2) is 13.5. The molecule has 0 atom stereocenters. The maximum Gasteiger partial charge on any atom is 0.331 e. The number of hydrogen-bond acceptors (Lipinski definition) is 8. The van der Waals surface area contributed by atoms with E-state index in [0.29, 0.717) is 28.7 Å². The predicted octanol–water partition coefficient (Wildman–Crippen LogP) is 3.77. The highest BCUT2D eigenvalue weighted by Gasteiger charge is 2.28. The van der Waals surface area contributed by atoms with Gasteiger partial charge in [0.1, 0.15) is 15.8 Å². The highest BCUT2D eigenvalue weighted by Crippen LogP contribution is 2.28. The number of aryl methyl sites for hydroxylation is 1. The van der Waals surface area contributed by atoms with E-state index in [4.69, 9.17) is 37.4 Å². The lowest BCUT2D eigenvalue weighted by atomic mass is 10.2. The van der Waals surface area contributed by atoms with E-state index in [1.54, 1.807) is 18.7 Å². The van der Waals surface area contributed by atoms with E-state index in [0.717, 1.165) is 11.6 Å². The van der Waals surface area contributed by atoms with Crippen molar-refractivity contribution >= 4 is 56.9 Å². The topological polar surface area (TPSA) is 129 Å². The Bertz CT molecular complexity index is 1570. The van der Waals surface area contributed by atoms with E-state index < -0.39 is 28.5 Å². The molecule has 1 aliphatic heterocycles. The van der Waals surface area contributed by atoms with Crippen LogP contribution in [0.2, 0.25) is 10.2 Å². The molecule has 3 aromatic rings. The van der Waals surface area contributed by atoms with Crippen LogP contribution >= 0.6 is 23.2 Å². The number of nitrogens with zero attached hydrogens (tertiary/aromatic N) is 3. The zero-order valence-electron chi connectivity index (χ0n) is 22.3. The number of hydrogen-bond donors (Lipinski definition) is 1. The lowest BCUT2D eigenvalue weighted by molar-refractivity contribution is -0.142. The average molecular weight is 624 g/mol. The summed E-state index contributed by atoms with van der Waals surface area (Å²) in [4.78, 5) is 24.5. The van der Waals surface area contributed by atoms with Crippen molar-refractivity contribution in [1.29, 1.82) is 0 Å². The van der Waals surface area contributed by atoms with Gasteiger partial charge in [-0.15, -0.1) is 0 Å². The van der Waals surface area contributed by atoms with Gasteiger partial charge in [-0.05, 0) is 48.9 Å². The zero-order chi connectivity index (χ0) is 29.6. The number of aromatic nitrogens is 2. The quantitative estimate of drug-likeness (QED) is 0.267. The van der Waals surface area contributed by atoms with Crippen molar-refractivity contribution in [3.63, 3.8) is 0 Å². The van der Waals surface area contributed by atoms with Gasteiger partial charge in [0.25, 0.3) is 5.91 Å².